The number of benzene rings is 1. The Hall–Kier alpha value is -3.13. The quantitative estimate of drug-likeness (QED) is 0.661. The van der Waals surface area contributed by atoms with Gasteiger partial charge in [0.25, 0.3) is 0 Å². The number of ether oxygens (including phenoxy) is 1. The second kappa shape index (κ2) is 9.78. The lowest BCUT2D eigenvalue weighted by atomic mass is 10.1. The van der Waals surface area contributed by atoms with Crippen LogP contribution < -0.4 is 11.1 Å². The number of hydrogen-bond acceptors (Lipinski definition) is 6. The van der Waals surface area contributed by atoms with E-state index in [1.54, 1.807) is 9.42 Å². The average molecular weight is 425 g/mol. The van der Waals surface area contributed by atoms with Gasteiger partial charge in [0, 0.05) is 38.4 Å². The molecule has 2 aromatic heterocycles. The largest absolute Gasteiger partial charge is 0.444 e. The van der Waals surface area contributed by atoms with E-state index in [4.69, 9.17) is 10.5 Å². The number of anilines is 1. The van der Waals surface area contributed by atoms with Crippen LogP contribution in [0.25, 0.3) is 16.8 Å². The molecule has 8 heteroatoms. The summed E-state index contributed by atoms with van der Waals surface area (Å²) in [6.45, 7) is 7.93. The number of fused-ring (bicyclic) bond motifs is 1. The second-order valence-electron chi connectivity index (χ2n) is 8.46. The monoisotopic (exact) mass is 424 g/mol. The zero-order valence-corrected chi connectivity index (χ0v) is 18.8. The minimum Gasteiger partial charge on any atom is -0.444 e. The molecule has 3 aromatic rings. The Morgan fingerprint density at radius 3 is 2.42 bits per heavy atom. The van der Waals surface area contributed by atoms with Gasteiger partial charge in [-0.25, -0.2) is 14.3 Å². The van der Waals surface area contributed by atoms with Gasteiger partial charge in [-0.1, -0.05) is 24.3 Å². The number of hydrogen-bond donors (Lipinski definition) is 2. The molecule has 1 fully saturated rings. The van der Waals surface area contributed by atoms with Crippen LogP contribution in [0.5, 0.6) is 0 Å². The maximum Gasteiger partial charge on any atom is 0.410 e. The lowest BCUT2D eigenvalue weighted by Crippen LogP contribution is -2.34. The molecule has 0 atom stereocenters. The van der Waals surface area contributed by atoms with Crippen molar-refractivity contribution in [2.45, 2.75) is 45.8 Å². The summed E-state index contributed by atoms with van der Waals surface area (Å²) in [5, 5.41) is 7.35. The number of nitrogens with two attached hydrogens (primary N) is 1. The first-order valence-electron chi connectivity index (χ1n) is 10.6. The molecule has 0 bridgehead atoms. The molecule has 4 rings (SSSR count). The molecule has 0 radical (unpaired) electrons. The maximum atomic E-state index is 11.4. The Morgan fingerprint density at radius 1 is 1.16 bits per heavy atom. The van der Waals surface area contributed by atoms with Crippen molar-refractivity contribution in [2.75, 3.05) is 25.5 Å². The highest BCUT2D eigenvalue weighted by atomic mass is 16.6. The Balaban J connectivity index is 0.000000196. The third-order valence-corrected chi connectivity index (χ3v) is 4.88. The van der Waals surface area contributed by atoms with Crippen molar-refractivity contribution in [3.05, 3.63) is 48.3 Å². The molecule has 0 aliphatic carbocycles. The summed E-state index contributed by atoms with van der Waals surface area (Å²) in [7, 11) is 1.85. The molecule has 166 valence electrons. The zero-order chi connectivity index (χ0) is 22.4. The van der Waals surface area contributed by atoms with Gasteiger partial charge in [-0.05, 0) is 50.8 Å². The Labute approximate surface area is 183 Å². The summed E-state index contributed by atoms with van der Waals surface area (Å²) in [5.41, 5.74) is 9.31. The van der Waals surface area contributed by atoms with Crippen LogP contribution in [0.3, 0.4) is 0 Å². The van der Waals surface area contributed by atoms with E-state index in [1.165, 1.54) is 0 Å². The predicted octanol–water partition coefficient (Wildman–Crippen LogP) is 3.91. The van der Waals surface area contributed by atoms with Crippen LogP contribution in [-0.2, 0) is 11.3 Å². The molecule has 0 unspecified atom stereocenters. The van der Waals surface area contributed by atoms with E-state index < -0.39 is 0 Å². The standard InChI is InChI=1S/C14H15N5.C9H17NO2/c1-16-13-6-7-19-14(18-13)12(9-17-19)11-4-2-10(8-15)3-5-11;1-9(2,3)12-8(11)10-6-4-5-7-10/h2-7,9H,8,15H2,1H3,(H,16,18);4-7H2,1-3H3. The number of nitrogens with one attached hydrogen (secondary N) is 1. The van der Waals surface area contributed by atoms with Gasteiger partial charge in [-0.15, -0.1) is 0 Å². The van der Waals surface area contributed by atoms with E-state index in [0.717, 1.165) is 54.1 Å². The lowest BCUT2D eigenvalue weighted by molar-refractivity contribution is 0.0295. The van der Waals surface area contributed by atoms with Crippen molar-refractivity contribution >= 4 is 17.6 Å². The zero-order valence-electron chi connectivity index (χ0n) is 18.8. The SMILES string of the molecule is CC(C)(C)OC(=O)N1CCCC1.CNc1ccn2ncc(-c3ccc(CN)cc3)c2n1. The fourth-order valence-electron chi connectivity index (χ4n) is 3.26. The van der Waals surface area contributed by atoms with Crippen LogP contribution in [0.2, 0.25) is 0 Å². The number of aromatic nitrogens is 3. The van der Waals surface area contributed by atoms with Gasteiger partial charge >= 0.3 is 6.09 Å². The molecule has 8 nitrogen and oxygen atoms in total. The van der Waals surface area contributed by atoms with Crippen LogP contribution in [0.4, 0.5) is 10.6 Å². The van der Waals surface area contributed by atoms with Gasteiger partial charge in [0.2, 0.25) is 0 Å². The van der Waals surface area contributed by atoms with Gasteiger partial charge in [0.1, 0.15) is 11.4 Å². The first-order valence-corrected chi connectivity index (χ1v) is 10.6. The van der Waals surface area contributed by atoms with Crippen LogP contribution in [0.1, 0.15) is 39.2 Å². The number of amides is 1. The van der Waals surface area contributed by atoms with Crippen molar-refractivity contribution < 1.29 is 9.53 Å². The molecule has 1 aliphatic heterocycles. The molecule has 0 spiro atoms. The van der Waals surface area contributed by atoms with E-state index in [2.05, 4.69) is 15.4 Å². The van der Waals surface area contributed by atoms with Gasteiger partial charge in [-0.2, -0.15) is 5.10 Å². The first kappa shape index (κ1) is 22.6. The van der Waals surface area contributed by atoms with Crippen molar-refractivity contribution in [3.8, 4) is 11.1 Å². The minimum atomic E-state index is -0.361. The summed E-state index contributed by atoms with van der Waals surface area (Å²) < 4.78 is 6.98. The highest BCUT2D eigenvalue weighted by Crippen LogP contribution is 2.24. The second-order valence-corrected chi connectivity index (χ2v) is 8.46. The molecular formula is C23H32N6O2. The first-order chi connectivity index (χ1) is 14.8. The summed E-state index contributed by atoms with van der Waals surface area (Å²) in [4.78, 5) is 17.7. The number of rotatable bonds is 3. The minimum absolute atomic E-state index is 0.167. The lowest BCUT2D eigenvalue weighted by Gasteiger charge is -2.23. The Bertz CT molecular complexity index is 1000. The molecule has 3 N–H and O–H groups in total. The Morgan fingerprint density at radius 2 is 1.84 bits per heavy atom. The molecule has 3 heterocycles. The van der Waals surface area contributed by atoms with Crippen LogP contribution in [0, 0.1) is 0 Å². The van der Waals surface area contributed by atoms with E-state index in [1.807, 2.05) is 70.5 Å². The average Bonchev–Trinajstić information content (AvgIpc) is 3.43. The van der Waals surface area contributed by atoms with E-state index in [9.17, 15) is 4.79 Å². The van der Waals surface area contributed by atoms with E-state index in [-0.39, 0.29) is 11.7 Å². The van der Waals surface area contributed by atoms with Crippen LogP contribution >= 0.6 is 0 Å². The molecule has 0 saturated carbocycles. The van der Waals surface area contributed by atoms with Crippen LogP contribution in [-0.4, -0.2) is 51.3 Å². The fourth-order valence-corrected chi connectivity index (χ4v) is 3.26. The predicted molar refractivity (Wildman–Crippen MR) is 123 cm³/mol. The van der Waals surface area contributed by atoms with Crippen molar-refractivity contribution in [1.82, 2.24) is 19.5 Å². The molecule has 1 saturated heterocycles. The summed E-state index contributed by atoms with van der Waals surface area (Å²) in [6, 6.07) is 10.0. The van der Waals surface area contributed by atoms with Gasteiger partial charge < -0.3 is 20.7 Å². The van der Waals surface area contributed by atoms with Gasteiger partial charge in [0.05, 0.1) is 6.20 Å². The van der Waals surface area contributed by atoms with Crippen molar-refractivity contribution in [3.63, 3.8) is 0 Å². The normalized spacial score (nSPS) is 13.6. The number of carbonyl (C=O) groups excluding carboxylic acids is 1. The fraction of sp³-hybridized carbons (Fsp3) is 0.435. The third kappa shape index (κ3) is 5.95. The summed E-state index contributed by atoms with van der Waals surface area (Å²) in [5.74, 6) is 0.827. The van der Waals surface area contributed by atoms with Crippen molar-refractivity contribution in [2.24, 2.45) is 5.73 Å². The van der Waals surface area contributed by atoms with Crippen LogP contribution in [0.15, 0.2) is 42.7 Å². The maximum absolute atomic E-state index is 11.4. The summed E-state index contributed by atoms with van der Waals surface area (Å²) in [6.07, 6.45) is 5.78. The van der Waals surface area contributed by atoms with E-state index in [0.29, 0.717) is 6.54 Å². The molecular weight excluding hydrogens is 392 g/mol. The summed E-state index contributed by atoms with van der Waals surface area (Å²) >= 11 is 0. The van der Waals surface area contributed by atoms with Crippen molar-refractivity contribution in [1.29, 1.82) is 0 Å². The topological polar surface area (TPSA) is 97.8 Å². The molecule has 31 heavy (non-hydrogen) atoms. The van der Waals surface area contributed by atoms with Gasteiger partial charge in [-0.3, -0.25) is 0 Å². The number of nitrogens with zero attached hydrogens (tertiary/aromatic N) is 4. The number of likely N-dealkylation sites (tertiary alicyclic amines) is 1. The Kier molecular flexibility index (Phi) is 7.12. The number of carbonyl (C=O) groups is 1. The molecule has 1 aromatic carbocycles. The smallest absolute Gasteiger partial charge is 0.410 e. The highest BCUT2D eigenvalue weighted by Gasteiger charge is 2.23. The molecule has 1 amide bonds. The van der Waals surface area contributed by atoms with Gasteiger partial charge in [0.15, 0.2) is 5.65 Å². The highest BCUT2D eigenvalue weighted by molar-refractivity contribution is 5.77. The van der Waals surface area contributed by atoms with E-state index >= 15 is 0 Å². The third-order valence-electron chi connectivity index (χ3n) is 4.88. The molecule has 1 aliphatic rings.